The number of likely N-dealkylation sites (tertiary alicyclic amines) is 1. The molecule has 0 amide bonds. The van der Waals surface area contributed by atoms with Gasteiger partial charge >= 0.3 is 0 Å². The first kappa shape index (κ1) is 8.81. The smallest absolute Gasteiger partial charge is 0.0510 e. The van der Waals surface area contributed by atoms with E-state index in [1.807, 2.05) is 0 Å². The molecule has 5 nitrogen and oxygen atoms in total. The summed E-state index contributed by atoms with van der Waals surface area (Å²) in [5.74, 6) is 1.46. The van der Waals surface area contributed by atoms with Gasteiger partial charge in [-0.3, -0.25) is 0 Å². The van der Waals surface area contributed by atoms with Crippen LogP contribution in [0.2, 0.25) is 0 Å². The Kier molecular flexibility index (Phi) is 2.68. The molecule has 2 heterocycles. The number of fused-ring (bicyclic) bond motifs is 1. The van der Waals surface area contributed by atoms with Gasteiger partial charge in [0, 0.05) is 42.9 Å². The first-order valence-corrected chi connectivity index (χ1v) is 4.71. The average molecular weight is 182 g/mol. The van der Waals surface area contributed by atoms with Crippen LogP contribution >= 0.6 is 0 Å². The van der Waals surface area contributed by atoms with Crippen molar-refractivity contribution in [2.75, 3.05) is 39.4 Å². The third-order valence-corrected chi connectivity index (χ3v) is 2.90. The molecule has 0 N–H and O–H groups in total. The molecule has 0 aliphatic carbocycles. The van der Waals surface area contributed by atoms with E-state index in [2.05, 4.69) is 14.9 Å². The number of rotatable bonds is 3. The van der Waals surface area contributed by atoms with Crippen molar-refractivity contribution in [3.63, 3.8) is 0 Å². The summed E-state index contributed by atoms with van der Waals surface area (Å²) in [5.41, 5.74) is 8.12. The fraction of sp³-hybridized carbons (Fsp3) is 1.00. The average Bonchev–Trinajstić information content (AvgIpc) is 2.64. The second-order valence-corrected chi connectivity index (χ2v) is 3.77. The molecule has 0 aromatic heterocycles. The highest BCUT2D eigenvalue weighted by atomic mass is 16.5. The lowest BCUT2D eigenvalue weighted by Crippen LogP contribution is -2.25. The predicted octanol–water partition coefficient (Wildman–Crippen LogP) is 0.875. The summed E-state index contributed by atoms with van der Waals surface area (Å²) in [5, 5.41) is 3.54. The monoisotopic (exact) mass is 182 g/mol. The lowest BCUT2D eigenvalue weighted by molar-refractivity contribution is 0.155. The van der Waals surface area contributed by atoms with E-state index in [-0.39, 0.29) is 0 Å². The minimum atomic E-state index is 0.594. The summed E-state index contributed by atoms with van der Waals surface area (Å²) in [6.45, 7) is 5.57. The maximum atomic E-state index is 8.12. The number of azide groups is 1. The summed E-state index contributed by atoms with van der Waals surface area (Å²) < 4.78 is 5.38. The van der Waals surface area contributed by atoms with Gasteiger partial charge in [0.1, 0.15) is 0 Å². The normalized spacial score (nSPS) is 32.9. The van der Waals surface area contributed by atoms with Gasteiger partial charge in [-0.1, -0.05) is 5.11 Å². The van der Waals surface area contributed by atoms with Crippen molar-refractivity contribution >= 4 is 0 Å². The van der Waals surface area contributed by atoms with E-state index in [1.54, 1.807) is 0 Å². The molecule has 0 spiro atoms. The Morgan fingerprint density at radius 2 is 2.08 bits per heavy atom. The number of hydrogen-bond acceptors (Lipinski definition) is 3. The van der Waals surface area contributed by atoms with E-state index in [9.17, 15) is 0 Å². The van der Waals surface area contributed by atoms with Crippen LogP contribution in [0, 0.1) is 11.8 Å². The molecule has 2 aliphatic heterocycles. The quantitative estimate of drug-likeness (QED) is 0.369. The van der Waals surface area contributed by atoms with Gasteiger partial charge < -0.3 is 9.64 Å². The highest BCUT2D eigenvalue weighted by Gasteiger charge is 2.36. The van der Waals surface area contributed by atoms with Gasteiger partial charge in [-0.2, -0.15) is 0 Å². The van der Waals surface area contributed by atoms with Crippen LogP contribution in [0.5, 0.6) is 0 Å². The minimum Gasteiger partial charge on any atom is -0.381 e. The molecular formula is C8H14N4O. The molecule has 2 rings (SSSR count). The van der Waals surface area contributed by atoms with Crippen LogP contribution < -0.4 is 0 Å². The molecule has 72 valence electrons. The second-order valence-electron chi connectivity index (χ2n) is 3.77. The van der Waals surface area contributed by atoms with Gasteiger partial charge in [-0.15, -0.1) is 0 Å². The Hall–Kier alpha value is -0.770. The lowest BCUT2D eigenvalue weighted by atomic mass is 10.0. The van der Waals surface area contributed by atoms with Gasteiger partial charge in [0.25, 0.3) is 0 Å². The number of ether oxygens (including phenoxy) is 1. The number of nitrogens with zero attached hydrogens (tertiary/aromatic N) is 4. The van der Waals surface area contributed by atoms with Crippen LogP contribution in [-0.4, -0.2) is 44.3 Å². The SMILES string of the molecule is [N-]=[N+]=NCCN1C[C@H]2COC[C@H]2C1. The first-order chi connectivity index (χ1) is 6.40. The van der Waals surface area contributed by atoms with Crippen LogP contribution in [-0.2, 0) is 4.74 Å². The molecule has 2 fully saturated rings. The van der Waals surface area contributed by atoms with Gasteiger partial charge in [-0.05, 0) is 5.53 Å². The highest BCUT2D eigenvalue weighted by molar-refractivity contribution is 4.87. The van der Waals surface area contributed by atoms with Crippen molar-refractivity contribution in [2.45, 2.75) is 0 Å². The molecule has 2 saturated heterocycles. The second kappa shape index (κ2) is 3.96. The zero-order valence-electron chi connectivity index (χ0n) is 7.59. The Morgan fingerprint density at radius 1 is 1.38 bits per heavy atom. The molecule has 0 aromatic rings. The Labute approximate surface area is 77.3 Å². The largest absolute Gasteiger partial charge is 0.381 e. The van der Waals surface area contributed by atoms with E-state index in [1.165, 1.54) is 0 Å². The van der Waals surface area contributed by atoms with Crippen molar-refractivity contribution in [3.05, 3.63) is 10.4 Å². The topological polar surface area (TPSA) is 61.2 Å². The molecule has 5 heteroatoms. The zero-order chi connectivity index (χ0) is 9.10. The fourth-order valence-corrected chi connectivity index (χ4v) is 2.20. The molecule has 0 unspecified atom stereocenters. The molecule has 0 aromatic carbocycles. The van der Waals surface area contributed by atoms with E-state index >= 15 is 0 Å². The summed E-state index contributed by atoms with van der Waals surface area (Å²) in [6.07, 6.45) is 0. The standard InChI is InChI=1S/C8H14N4O/c9-11-10-1-2-12-3-7-5-13-6-8(7)4-12/h7-8H,1-6H2/t7-,8+. The molecule has 0 bridgehead atoms. The molecule has 13 heavy (non-hydrogen) atoms. The molecule has 2 aliphatic rings. The zero-order valence-corrected chi connectivity index (χ0v) is 7.59. The highest BCUT2D eigenvalue weighted by Crippen LogP contribution is 2.28. The fourth-order valence-electron chi connectivity index (χ4n) is 2.20. The molecule has 0 saturated carbocycles. The van der Waals surface area contributed by atoms with Crippen LogP contribution in [0.15, 0.2) is 5.11 Å². The molecule has 2 atom stereocenters. The van der Waals surface area contributed by atoms with Gasteiger partial charge in [0.2, 0.25) is 0 Å². The predicted molar refractivity (Wildman–Crippen MR) is 48.3 cm³/mol. The van der Waals surface area contributed by atoms with Crippen molar-refractivity contribution in [3.8, 4) is 0 Å². The van der Waals surface area contributed by atoms with Gasteiger partial charge in [-0.25, -0.2) is 0 Å². The van der Waals surface area contributed by atoms with Gasteiger partial charge in [0.15, 0.2) is 0 Å². The van der Waals surface area contributed by atoms with Gasteiger partial charge in [0.05, 0.1) is 13.2 Å². The van der Waals surface area contributed by atoms with E-state index in [0.717, 1.165) is 44.7 Å². The van der Waals surface area contributed by atoms with E-state index < -0.39 is 0 Å². The van der Waals surface area contributed by atoms with Crippen molar-refractivity contribution < 1.29 is 4.74 Å². The Balaban J connectivity index is 1.75. The third kappa shape index (κ3) is 1.94. The lowest BCUT2D eigenvalue weighted by Gasteiger charge is -2.14. The van der Waals surface area contributed by atoms with Crippen molar-refractivity contribution in [1.82, 2.24) is 4.90 Å². The first-order valence-electron chi connectivity index (χ1n) is 4.71. The summed E-state index contributed by atoms with van der Waals surface area (Å²) in [7, 11) is 0. The molecular weight excluding hydrogens is 168 g/mol. The van der Waals surface area contributed by atoms with Crippen LogP contribution in [0.25, 0.3) is 10.4 Å². The summed E-state index contributed by atoms with van der Waals surface area (Å²) in [4.78, 5) is 5.11. The summed E-state index contributed by atoms with van der Waals surface area (Å²) in [6, 6.07) is 0. The van der Waals surface area contributed by atoms with E-state index in [0.29, 0.717) is 6.54 Å². The van der Waals surface area contributed by atoms with Crippen LogP contribution in [0.4, 0.5) is 0 Å². The maximum absolute atomic E-state index is 8.12. The Bertz CT molecular complexity index is 214. The van der Waals surface area contributed by atoms with E-state index in [4.69, 9.17) is 10.3 Å². The van der Waals surface area contributed by atoms with Crippen LogP contribution in [0.1, 0.15) is 0 Å². The van der Waals surface area contributed by atoms with Crippen LogP contribution in [0.3, 0.4) is 0 Å². The third-order valence-electron chi connectivity index (χ3n) is 2.90. The van der Waals surface area contributed by atoms with Crippen molar-refractivity contribution in [1.29, 1.82) is 0 Å². The summed E-state index contributed by atoms with van der Waals surface area (Å²) >= 11 is 0. The maximum Gasteiger partial charge on any atom is 0.0510 e. The Morgan fingerprint density at radius 3 is 2.69 bits per heavy atom. The number of hydrogen-bond donors (Lipinski definition) is 0. The van der Waals surface area contributed by atoms with Crippen molar-refractivity contribution in [2.24, 2.45) is 17.0 Å². The molecule has 0 radical (unpaired) electrons. The minimum absolute atomic E-state index is 0.594.